The molecule has 0 saturated heterocycles. The topological polar surface area (TPSA) is 56.7 Å². The zero-order chi connectivity index (χ0) is 9.97. The first kappa shape index (κ1) is 8.93. The van der Waals surface area contributed by atoms with Crippen molar-refractivity contribution in [2.24, 2.45) is 0 Å². The molecule has 0 aliphatic rings. The van der Waals surface area contributed by atoms with Gasteiger partial charge in [-0.3, -0.25) is 4.68 Å². The predicted molar refractivity (Wildman–Crippen MR) is 49.7 cm³/mol. The average Bonchev–Trinajstić information content (AvgIpc) is 2.77. The van der Waals surface area contributed by atoms with Crippen molar-refractivity contribution < 1.29 is 4.52 Å². The molecule has 74 valence electrons. The first-order valence-corrected chi connectivity index (χ1v) is 4.59. The molecular formula is C9H12N4O. The van der Waals surface area contributed by atoms with Gasteiger partial charge in [-0.2, -0.15) is 10.1 Å². The Morgan fingerprint density at radius 1 is 1.50 bits per heavy atom. The van der Waals surface area contributed by atoms with E-state index < -0.39 is 0 Å². The van der Waals surface area contributed by atoms with Crippen molar-refractivity contribution in [3.63, 3.8) is 0 Å². The highest BCUT2D eigenvalue weighted by Crippen LogP contribution is 2.03. The van der Waals surface area contributed by atoms with Gasteiger partial charge in [-0.25, -0.2) is 0 Å². The molecule has 0 N–H and O–H groups in total. The highest BCUT2D eigenvalue weighted by atomic mass is 16.5. The SMILES string of the molecule is CCc1noc(Cn2nccc2C)n1. The highest BCUT2D eigenvalue weighted by molar-refractivity contribution is 4.98. The van der Waals surface area contributed by atoms with Gasteiger partial charge in [0.2, 0.25) is 5.89 Å². The van der Waals surface area contributed by atoms with Crippen molar-refractivity contribution in [2.45, 2.75) is 26.8 Å². The minimum Gasteiger partial charge on any atom is -0.337 e. The lowest BCUT2D eigenvalue weighted by Crippen LogP contribution is -2.03. The maximum Gasteiger partial charge on any atom is 0.248 e. The normalized spacial score (nSPS) is 10.7. The van der Waals surface area contributed by atoms with Crippen LogP contribution in [0.2, 0.25) is 0 Å². The summed E-state index contributed by atoms with van der Waals surface area (Å²) < 4.78 is 6.89. The van der Waals surface area contributed by atoms with E-state index in [1.165, 1.54) is 0 Å². The molecule has 2 rings (SSSR count). The Kier molecular flexibility index (Phi) is 2.30. The lowest BCUT2D eigenvalue weighted by molar-refractivity contribution is 0.360. The van der Waals surface area contributed by atoms with Gasteiger partial charge in [0.15, 0.2) is 5.82 Å². The quantitative estimate of drug-likeness (QED) is 0.732. The molecular weight excluding hydrogens is 180 g/mol. The zero-order valence-corrected chi connectivity index (χ0v) is 8.27. The van der Waals surface area contributed by atoms with Crippen LogP contribution in [0.1, 0.15) is 24.3 Å². The van der Waals surface area contributed by atoms with Crippen molar-refractivity contribution in [3.8, 4) is 0 Å². The number of hydrogen-bond acceptors (Lipinski definition) is 4. The standard InChI is InChI=1S/C9H12N4O/c1-3-8-11-9(14-12-8)6-13-7(2)4-5-10-13/h4-5H,3,6H2,1-2H3. The van der Waals surface area contributed by atoms with Crippen LogP contribution in [0.4, 0.5) is 0 Å². The fourth-order valence-electron chi connectivity index (χ4n) is 1.19. The Labute approximate surface area is 81.7 Å². The second-order valence-electron chi connectivity index (χ2n) is 3.09. The number of aryl methyl sites for hydroxylation is 2. The third kappa shape index (κ3) is 1.66. The van der Waals surface area contributed by atoms with Crippen LogP contribution in [0.15, 0.2) is 16.8 Å². The van der Waals surface area contributed by atoms with Gasteiger partial charge in [0.05, 0.1) is 0 Å². The molecule has 5 heteroatoms. The smallest absolute Gasteiger partial charge is 0.248 e. The summed E-state index contributed by atoms with van der Waals surface area (Å²) in [4.78, 5) is 4.21. The van der Waals surface area contributed by atoms with Crippen LogP contribution in [0.25, 0.3) is 0 Å². The van der Waals surface area contributed by atoms with Crippen molar-refractivity contribution in [1.29, 1.82) is 0 Å². The predicted octanol–water partition coefficient (Wildman–Crippen LogP) is 1.19. The van der Waals surface area contributed by atoms with Gasteiger partial charge in [-0.15, -0.1) is 0 Å². The molecule has 0 radical (unpaired) electrons. The Hall–Kier alpha value is -1.65. The number of hydrogen-bond donors (Lipinski definition) is 0. The summed E-state index contributed by atoms with van der Waals surface area (Å²) in [6.07, 6.45) is 2.55. The third-order valence-corrected chi connectivity index (χ3v) is 2.04. The zero-order valence-electron chi connectivity index (χ0n) is 8.27. The van der Waals surface area contributed by atoms with Crippen molar-refractivity contribution in [2.75, 3.05) is 0 Å². The van der Waals surface area contributed by atoms with E-state index >= 15 is 0 Å². The Morgan fingerprint density at radius 3 is 2.93 bits per heavy atom. The Balaban J connectivity index is 2.15. The van der Waals surface area contributed by atoms with Gasteiger partial charge in [-0.05, 0) is 13.0 Å². The first-order valence-electron chi connectivity index (χ1n) is 4.59. The molecule has 2 aromatic heterocycles. The monoisotopic (exact) mass is 192 g/mol. The van der Waals surface area contributed by atoms with Crippen LogP contribution in [0.3, 0.4) is 0 Å². The molecule has 0 unspecified atom stereocenters. The summed E-state index contributed by atoms with van der Waals surface area (Å²) >= 11 is 0. The summed E-state index contributed by atoms with van der Waals surface area (Å²) in [5.74, 6) is 1.35. The lowest BCUT2D eigenvalue weighted by atomic mass is 10.4. The number of rotatable bonds is 3. The van der Waals surface area contributed by atoms with Crippen LogP contribution in [-0.2, 0) is 13.0 Å². The number of aromatic nitrogens is 4. The van der Waals surface area contributed by atoms with Gasteiger partial charge in [-0.1, -0.05) is 12.1 Å². The van der Waals surface area contributed by atoms with Gasteiger partial charge in [0, 0.05) is 18.3 Å². The molecule has 0 bridgehead atoms. The van der Waals surface area contributed by atoms with Gasteiger partial charge < -0.3 is 4.52 Å². The summed E-state index contributed by atoms with van der Waals surface area (Å²) in [5, 5.41) is 7.95. The summed E-state index contributed by atoms with van der Waals surface area (Å²) in [7, 11) is 0. The van der Waals surface area contributed by atoms with Crippen LogP contribution in [-0.4, -0.2) is 19.9 Å². The van der Waals surface area contributed by atoms with Crippen LogP contribution in [0.5, 0.6) is 0 Å². The first-order chi connectivity index (χ1) is 6.79. The van der Waals surface area contributed by atoms with E-state index in [2.05, 4.69) is 15.2 Å². The second kappa shape index (κ2) is 3.61. The maximum absolute atomic E-state index is 5.06. The summed E-state index contributed by atoms with van der Waals surface area (Å²) in [6.45, 7) is 4.53. The number of nitrogens with zero attached hydrogens (tertiary/aromatic N) is 4. The summed E-state index contributed by atoms with van der Waals surface area (Å²) in [5.41, 5.74) is 1.08. The molecule has 0 aromatic carbocycles. The molecule has 0 amide bonds. The second-order valence-corrected chi connectivity index (χ2v) is 3.09. The average molecular weight is 192 g/mol. The summed E-state index contributed by atoms with van der Waals surface area (Å²) in [6, 6.07) is 1.94. The van der Waals surface area contributed by atoms with E-state index in [-0.39, 0.29) is 0 Å². The molecule has 0 aliphatic heterocycles. The van der Waals surface area contributed by atoms with Crippen molar-refractivity contribution in [3.05, 3.63) is 29.7 Å². The van der Waals surface area contributed by atoms with Gasteiger partial charge in [0.25, 0.3) is 0 Å². The van der Waals surface area contributed by atoms with E-state index in [1.807, 2.05) is 24.6 Å². The van der Waals surface area contributed by atoms with Crippen LogP contribution in [0, 0.1) is 6.92 Å². The Bertz CT molecular complexity index is 418. The molecule has 0 atom stereocenters. The van der Waals surface area contributed by atoms with Crippen LogP contribution < -0.4 is 0 Å². The Morgan fingerprint density at radius 2 is 2.36 bits per heavy atom. The highest BCUT2D eigenvalue weighted by Gasteiger charge is 2.06. The van der Waals surface area contributed by atoms with Crippen molar-refractivity contribution >= 4 is 0 Å². The van der Waals surface area contributed by atoms with E-state index in [9.17, 15) is 0 Å². The molecule has 0 spiro atoms. The molecule has 0 saturated carbocycles. The largest absolute Gasteiger partial charge is 0.337 e. The molecule has 0 aliphatic carbocycles. The molecule has 5 nitrogen and oxygen atoms in total. The van der Waals surface area contributed by atoms with Gasteiger partial charge >= 0.3 is 0 Å². The fraction of sp³-hybridized carbons (Fsp3) is 0.444. The van der Waals surface area contributed by atoms with E-state index in [0.29, 0.717) is 12.4 Å². The third-order valence-electron chi connectivity index (χ3n) is 2.04. The molecule has 0 fully saturated rings. The van der Waals surface area contributed by atoms with Crippen LogP contribution >= 0.6 is 0 Å². The molecule has 2 aromatic rings. The van der Waals surface area contributed by atoms with Crippen molar-refractivity contribution in [1.82, 2.24) is 19.9 Å². The minimum atomic E-state index is 0.547. The molecule has 14 heavy (non-hydrogen) atoms. The lowest BCUT2D eigenvalue weighted by Gasteiger charge is -1.97. The minimum absolute atomic E-state index is 0.547. The van der Waals surface area contributed by atoms with E-state index in [0.717, 1.165) is 17.9 Å². The molecule has 2 heterocycles. The maximum atomic E-state index is 5.06. The van der Waals surface area contributed by atoms with E-state index in [1.54, 1.807) is 6.20 Å². The van der Waals surface area contributed by atoms with Gasteiger partial charge in [0.1, 0.15) is 6.54 Å². The van der Waals surface area contributed by atoms with E-state index in [4.69, 9.17) is 4.52 Å². The fourth-order valence-corrected chi connectivity index (χ4v) is 1.19.